The normalized spacial score (nSPS) is 16.2. The number of halogens is 2. The van der Waals surface area contributed by atoms with Gasteiger partial charge in [-0.05, 0) is 55.8 Å². The molecule has 2 aromatic carbocycles. The molecule has 1 N–H and O–H groups in total. The van der Waals surface area contributed by atoms with Crippen LogP contribution in [0.1, 0.15) is 19.8 Å². The number of nitrogens with zero attached hydrogens (tertiary/aromatic N) is 2. The number of aromatic nitrogens is 1. The van der Waals surface area contributed by atoms with Crippen LogP contribution in [0.5, 0.6) is 0 Å². The van der Waals surface area contributed by atoms with Crippen LogP contribution in [0.2, 0.25) is 0 Å². The van der Waals surface area contributed by atoms with E-state index in [4.69, 9.17) is 0 Å². The van der Waals surface area contributed by atoms with Crippen LogP contribution in [0.15, 0.2) is 36.4 Å². The van der Waals surface area contributed by atoms with Crippen LogP contribution < -0.4 is 0 Å². The summed E-state index contributed by atoms with van der Waals surface area (Å²) in [6.07, 6.45) is 1.78. The average Bonchev–Trinajstić information content (AvgIpc) is 3.39. The first-order valence-electron chi connectivity index (χ1n) is 8.86. The van der Waals surface area contributed by atoms with Gasteiger partial charge in [-0.25, -0.2) is 8.78 Å². The molecule has 132 valence electrons. The zero-order chi connectivity index (χ0) is 17.6. The molecule has 3 nitrogen and oxygen atoms in total. The van der Waals surface area contributed by atoms with Crippen molar-refractivity contribution in [2.24, 2.45) is 0 Å². The van der Waals surface area contributed by atoms with E-state index in [1.54, 1.807) is 12.1 Å². The second-order valence-electron chi connectivity index (χ2n) is 6.91. The largest absolute Gasteiger partial charge is 0.390 e. The molecule has 0 aliphatic heterocycles. The number of likely N-dealkylation sites (N-methyl/N-ethyl adjacent to an activating group) is 1. The molecule has 1 unspecified atom stereocenters. The van der Waals surface area contributed by atoms with Gasteiger partial charge in [0.15, 0.2) is 0 Å². The zero-order valence-electron chi connectivity index (χ0n) is 14.3. The molecule has 0 bridgehead atoms. The molecule has 1 saturated carbocycles. The number of fused-ring (bicyclic) bond motifs is 3. The Morgan fingerprint density at radius 3 is 2.12 bits per heavy atom. The van der Waals surface area contributed by atoms with Crippen LogP contribution in [0.3, 0.4) is 0 Å². The molecular formula is C20H22F2N2O. The summed E-state index contributed by atoms with van der Waals surface area (Å²) in [6, 6.07) is 9.76. The number of aliphatic hydroxyl groups is 1. The third-order valence-electron chi connectivity index (χ3n) is 5.10. The summed E-state index contributed by atoms with van der Waals surface area (Å²) in [5.74, 6) is -0.667. The minimum atomic E-state index is -0.592. The van der Waals surface area contributed by atoms with Crippen molar-refractivity contribution in [3.8, 4) is 0 Å². The maximum atomic E-state index is 13.8. The molecule has 0 radical (unpaired) electrons. The Hall–Kier alpha value is -1.98. The number of rotatable bonds is 6. The Morgan fingerprint density at radius 1 is 1.08 bits per heavy atom. The maximum absolute atomic E-state index is 13.8. The van der Waals surface area contributed by atoms with E-state index in [1.165, 1.54) is 37.1 Å². The average molecular weight is 344 g/mol. The Bertz CT molecular complexity index is 858. The predicted molar refractivity (Wildman–Crippen MR) is 95.6 cm³/mol. The first-order valence-corrected chi connectivity index (χ1v) is 8.86. The van der Waals surface area contributed by atoms with Crippen molar-refractivity contribution in [3.05, 3.63) is 48.0 Å². The molecule has 4 rings (SSSR count). The Kier molecular flexibility index (Phi) is 4.21. The number of hydrogen-bond acceptors (Lipinski definition) is 2. The SMILES string of the molecule is CCN(CC(O)Cn1c2cc(F)ccc2c2ccc(F)cc21)C1CC1. The lowest BCUT2D eigenvalue weighted by Crippen LogP contribution is -2.36. The molecule has 5 heteroatoms. The summed E-state index contributed by atoms with van der Waals surface area (Å²) < 4.78 is 29.4. The van der Waals surface area contributed by atoms with E-state index in [0.717, 1.165) is 17.3 Å². The van der Waals surface area contributed by atoms with E-state index in [1.807, 2.05) is 4.57 Å². The van der Waals surface area contributed by atoms with Gasteiger partial charge in [0.1, 0.15) is 11.6 Å². The van der Waals surface area contributed by atoms with E-state index < -0.39 is 6.10 Å². The Morgan fingerprint density at radius 2 is 1.64 bits per heavy atom. The van der Waals surface area contributed by atoms with Crippen LogP contribution in [-0.4, -0.2) is 39.8 Å². The number of hydrogen-bond donors (Lipinski definition) is 1. The second kappa shape index (κ2) is 6.39. The molecule has 0 amide bonds. The van der Waals surface area contributed by atoms with Crippen molar-refractivity contribution in [2.45, 2.75) is 38.5 Å². The van der Waals surface area contributed by atoms with Gasteiger partial charge >= 0.3 is 0 Å². The maximum Gasteiger partial charge on any atom is 0.125 e. The molecule has 1 atom stereocenters. The molecular weight excluding hydrogens is 322 g/mol. The van der Waals surface area contributed by atoms with Crippen LogP contribution >= 0.6 is 0 Å². The number of benzene rings is 2. The third-order valence-corrected chi connectivity index (χ3v) is 5.10. The van der Waals surface area contributed by atoms with Crippen LogP contribution in [0.4, 0.5) is 8.78 Å². The summed E-state index contributed by atoms with van der Waals surface area (Å²) in [4.78, 5) is 2.28. The Balaban J connectivity index is 1.73. The standard InChI is InChI=1S/C20H22F2N2O/c1-2-23(15-5-6-15)11-16(25)12-24-19-9-13(21)3-7-17(19)18-8-4-14(22)10-20(18)24/h3-4,7-10,15-16,25H,2,5-6,11-12H2,1H3. The fourth-order valence-corrected chi connectivity index (χ4v) is 3.75. The predicted octanol–water partition coefficient (Wildman–Crippen LogP) is 3.92. The zero-order valence-corrected chi connectivity index (χ0v) is 14.3. The van der Waals surface area contributed by atoms with Crippen LogP contribution in [0.25, 0.3) is 21.8 Å². The highest BCUT2D eigenvalue weighted by Gasteiger charge is 2.29. The Labute approximate surface area is 145 Å². The van der Waals surface area contributed by atoms with Gasteiger partial charge in [-0.2, -0.15) is 0 Å². The van der Waals surface area contributed by atoms with Crippen molar-refractivity contribution < 1.29 is 13.9 Å². The first-order chi connectivity index (χ1) is 12.1. The third kappa shape index (κ3) is 3.14. The fourth-order valence-electron chi connectivity index (χ4n) is 3.75. The lowest BCUT2D eigenvalue weighted by atomic mass is 10.1. The van der Waals surface area contributed by atoms with Crippen molar-refractivity contribution in [3.63, 3.8) is 0 Å². The number of aliphatic hydroxyl groups excluding tert-OH is 1. The summed E-state index contributed by atoms with van der Waals surface area (Å²) in [7, 11) is 0. The molecule has 1 aliphatic rings. The minimum absolute atomic E-state index is 0.316. The topological polar surface area (TPSA) is 28.4 Å². The highest BCUT2D eigenvalue weighted by atomic mass is 19.1. The van der Waals surface area contributed by atoms with Gasteiger partial charge in [0, 0.05) is 23.4 Å². The second-order valence-corrected chi connectivity index (χ2v) is 6.91. The summed E-state index contributed by atoms with van der Waals surface area (Å²) in [5.41, 5.74) is 1.38. The monoisotopic (exact) mass is 344 g/mol. The summed E-state index contributed by atoms with van der Waals surface area (Å²) in [5, 5.41) is 12.4. The van der Waals surface area contributed by atoms with Gasteiger partial charge in [0.2, 0.25) is 0 Å². The van der Waals surface area contributed by atoms with E-state index in [9.17, 15) is 13.9 Å². The van der Waals surface area contributed by atoms with Crippen molar-refractivity contribution in [1.82, 2.24) is 9.47 Å². The van der Waals surface area contributed by atoms with E-state index in [2.05, 4.69) is 11.8 Å². The van der Waals surface area contributed by atoms with Crippen LogP contribution in [-0.2, 0) is 6.54 Å². The lowest BCUT2D eigenvalue weighted by Gasteiger charge is -2.24. The fraction of sp³-hybridized carbons (Fsp3) is 0.400. The molecule has 1 aliphatic carbocycles. The molecule has 1 heterocycles. The first kappa shape index (κ1) is 16.5. The van der Waals surface area contributed by atoms with E-state index >= 15 is 0 Å². The molecule has 0 saturated heterocycles. The van der Waals surface area contributed by atoms with Crippen molar-refractivity contribution in [1.29, 1.82) is 0 Å². The smallest absolute Gasteiger partial charge is 0.125 e. The molecule has 25 heavy (non-hydrogen) atoms. The summed E-state index contributed by atoms with van der Waals surface area (Å²) in [6.45, 7) is 3.89. The van der Waals surface area contributed by atoms with Gasteiger partial charge in [-0.3, -0.25) is 4.90 Å². The quantitative estimate of drug-likeness (QED) is 0.734. The van der Waals surface area contributed by atoms with Gasteiger partial charge in [-0.15, -0.1) is 0 Å². The lowest BCUT2D eigenvalue weighted by molar-refractivity contribution is 0.0987. The van der Waals surface area contributed by atoms with Crippen LogP contribution in [0, 0.1) is 11.6 Å². The minimum Gasteiger partial charge on any atom is -0.390 e. The summed E-state index contributed by atoms with van der Waals surface area (Å²) >= 11 is 0. The van der Waals surface area contributed by atoms with Crippen molar-refractivity contribution in [2.75, 3.05) is 13.1 Å². The van der Waals surface area contributed by atoms with E-state index in [0.29, 0.717) is 30.2 Å². The molecule has 1 aromatic heterocycles. The molecule has 3 aromatic rings. The van der Waals surface area contributed by atoms with Gasteiger partial charge in [0.05, 0.1) is 23.7 Å². The molecule has 0 spiro atoms. The van der Waals surface area contributed by atoms with Crippen molar-refractivity contribution >= 4 is 21.8 Å². The highest BCUT2D eigenvalue weighted by molar-refractivity contribution is 6.08. The van der Waals surface area contributed by atoms with Gasteiger partial charge in [-0.1, -0.05) is 6.92 Å². The van der Waals surface area contributed by atoms with Gasteiger partial charge in [0.25, 0.3) is 0 Å². The highest BCUT2D eigenvalue weighted by Crippen LogP contribution is 2.31. The van der Waals surface area contributed by atoms with E-state index in [-0.39, 0.29) is 11.6 Å². The molecule has 1 fully saturated rings. The van der Waals surface area contributed by atoms with Gasteiger partial charge < -0.3 is 9.67 Å².